The Morgan fingerprint density at radius 3 is 2.23 bits per heavy atom. The Labute approximate surface area is 187 Å². The molecule has 6 heteroatoms. The van der Waals surface area contributed by atoms with Crippen molar-refractivity contribution in [3.8, 4) is 0 Å². The van der Waals surface area contributed by atoms with Gasteiger partial charge in [-0.2, -0.15) is 0 Å². The molecule has 0 aliphatic carbocycles. The number of anilines is 1. The summed E-state index contributed by atoms with van der Waals surface area (Å²) in [5.74, 6) is -0.566. The third kappa shape index (κ3) is 7.21. The standard InChI is InChI=1S/C25H23N3O2S/c29-23(16-15-19-9-3-1-4-10-19)28-25(31)27-22-14-8-7-13-21(22)24(30)26-18-17-20-11-5-2-6-12-20/h1-16H,17-18H2,(H,26,30)(H2,27,28,29,31)/b16-15+. The number of para-hydroxylation sites is 1. The minimum atomic E-state index is -0.355. The van der Waals surface area contributed by atoms with E-state index in [2.05, 4.69) is 16.0 Å². The Balaban J connectivity index is 1.54. The van der Waals surface area contributed by atoms with Crippen LogP contribution >= 0.6 is 12.2 Å². The number of benzene rings is 3. The highest BCUT2D eigenvalue weighted by Crippen LogP contribution is 2.15. The van der Waals surface area contributed by atoms with Crippen LogP contribution in [-0.4, -0.2) is 23.5 Å². The van der Waals surface area contributed by atoms with Gasteiger partial charge in [0.15, 0.2) is 5.11 Å². The molecule has 0 unspecified atom stereocenters. The van der Waals surface area contributed by atoms with Gasteiger partial charge in [-0.05, 0) is 48.0 Å². The molecule has 0 aliphatic heterocycles. The topological polar surface area (TPSA) is 70.2 Å². The molecule has 0 heterocycles. The average Bonchev–Trinajstić information content (AvgIpc) is 2.79. The van der Waals surface area contributed by atoms with E-state index >= 15 is 0 Å². The van der Waals surface area contributed by atoms with Gasteiger partial charge in [0.05, 0.1) is 11.3 Å². The van der Waals surface area contributed by atoms with E-state index in [1.165, 1.54) is 6.08 Å². The Hall–Kier alpha value is -3.77. The molecule has 0 radical (unpaired) electrons. The van der Waals surface area contributed by atoms with Crippen molar-refractivity contribution in [3.05, 3.63) is 108 Å². The molecule has 0 saturated heterocycles. The largest absolute Gasteiger partial charge is 0.352 e. The molecule has 3 rings (SSSR count). The molecule has 0 spiro atoms. The molecule has 0 aliphatic rings. The summed E-state index contributed by atoms with van der Waals surface area (Å²) in [4.78, 5) is 24.7. The quantitative estimate of drug-likeness (QED) is 0.389. The molecule has 0 bridgehead atoms. The number of amides is 2. The molecular formula is C25H23N3O2S. The van der Waals surface area contributed by atoms with Crippen LogP contribution in [0.25, 0.3) is 6.08 Å². The van der Waals surface area contributed by atoms with Gasteiger partial charge in [0.2, 0.25) is 5.91 Å². The zero-order valence-corrected chi connectivity index (χ0v) is 17.7. The van der Waals surface area contributed by atoms with Crippen LogP contribution in [0.3, 0.4) is 0 Å². The number of nitrogens with one attached hydrogen (secondary N) is 3. The zero-order chi connectivity index (χ0) is 21.9. The molecule has 0 aromatic heterocycles. The number of hydrogen-bond donors (Lipinski definition) is 3. The highest BCUT2D eigenvalue weighted by Gasteiger charge is 2.12. The van der Waals surface area contributed by atoms with Crippen LogP contribution in [-0.2, 0) is 11.2 Å². The predicted molar refractivity (Wildman–Crippen MR) is 129 cm³/mol. The molecule has 5 nitrogen and oxygen atoms in total. The molecule has 0 atom stereocenters. The van der Waals surface area contributed by atoms with Crippen molar-refractivity contribution in [3.63, 3.8) is 0 Å². The number of rotatable bonds is 7. The number of carbonyl (C=O) groups excluding carboxylic acids is 2. The van der Waals surface area contributed by atoms with Gasteiger partial charge in [-0.15, -0.1) is 0 Å². The van der Waals surface area contributed by atoms with E-state index in [4.69, 9.17) is 12.2 Å². The fraction of sp³-hybridized carbons (Fsp3) is 0.0800. The molecule has 0 saturated carbocycles. The fourth-order valence-electron chi connectivity index (χ4n) is 2.89. The van der Waals surface area contributed by atoms with Crippen LogP contribution in [0.4, 0.5) is 5.69 Å². The van der Waals surface area contributed by atoms with Crippen LogP contribution in [0.5, 0.6) is 0 Å². The fourth-order valence-corrected chi connectivity index (χ4v) is 3.10. The highest BCUT2D eigenvalue weighted by atomic mass is 32.1. The SMILES string of the molecule is O=C(/C=C/c1ccccc1)NC(=S)Nc1ccccc1C(=O)NCCc1ccccc1. The van der Waals surface area contributed by atoms with E-state index in [-0.39, 0.29) is 16.9 Å². The first-order chi connectivity index (χ1) is 15.1. The van der Waals surface area contributed by atoms with E-state index < -0.39 is 0 Å². The molecule has 0 fully saturated rings. The van der Waals surface area contributed by atoms with Gasteiger partial charge in [-0.1, -0.05) is 72.8 Å². The zero-order valence-electron chi connectivity index (χ0n) is 16.9. The lowest BCUT2D eigenvalue weighted by molar-refractivity contribution is -0.115. The number of thiocarbonyl (C=S) groups is 1. The summed E-state index contributed by atoms with van der Waals surface area (Å²) in [6, 6.07) is 26.5. The lowest BCUT2D eigenvalue weighted by atomic mass is 10.1. The monoisotopic (exact) mass is 429 g/mol. The van der Waals surface area contributed by atoms with Gasteiger partial charge < -0.3 is 10.6 Å². The van der Waals surface area contributed by atoms with Crippen LogP contribution in [0.15, 0.2) is 91.0 Å². The minimum absolute atomic E-state index is 0.118. The van der Waals surface area contributed by atoms with E-state index in [1.54, 1.807) is 30.3 Å². The van der Waals surface area contributed by atoms with Crippen molar-refractivity contribution in [2.24, 2.45) is 0 Å². The Bertz CT molecular complexity index is 1070. The van der Waals surface area contributed by atoms with Crippen molar-refractivity contribution in [2.45, 2.75) is 6.42 Å². The normalized spacial score (nSPS) is 10.5. The molecule has 31 heavy (non-hydrogen) atoms. The van der Waals surface area contributed by atoms with Crippen LogP contribution in [0.2, 0.25) is 0 Å². The number of carbonyl (C=O) groups is 2. The van der Waals surface area contributed by atoms with Gasteiger partial charge in [-0.3, -0.25) is 14.9 Å². The lowest BCUT2D eigenvalue weighted by Gasteiger charge is -2.13. The summed E-state index contributed by atoms with van der Waals surface area (Å²) in [5, 5.41) is 8.56. The Morgan fingerprint density at radius 1 is 0.839 bits per heavy atom. The second kappa shape index (κ2) is 11.4. The van der Waals surface area contributed by atoms with Crippen LogP contribution < -0.4 is 16.0 Å². The second-order valence-electron chi connectivity index (χ2n) is 6.72. The summed E-state index contributed by atoms with van der Waals surface area (Å²) in [6.45, 7) is 0.517. The van der Waals surface area contributed by atoms with E-state index in [1.807, 2.05) is 60.7 Å². The highest BCUT2D eigenvalue weighted by molar-refractivity contribution is 7.80. The maximum Gasteiger partial charge on any atom is 0.253 e. The van der Waals surface area contributed by atoms with Crippen molar-refractivity contribution in [2.75, 3.05) is 11.9 Å². The molecular weight excluding hydrogens is 406 g/mol. The van der Waals surface area contributed by atoms with Gasteiger partial charge in [0.1, 0.15) is 0 Å². The van der Waals surface area contributed by atoms with Gasteiger partial charge in [0, 0.05) is 12.6 Å². The average molecular weight is 430 g/mol. The third-order valence-electron chi connectivity index (χ3n) is 4.43. The molecule has 3 aromatic rings. The van der Waals surface area contributed by atoms with E-state index in [0.717, 1.165) is 17.5 Å². The summed E-state index contributed by atoms with van der Waals surface area (Å²) >= 11 is 5.23. The first-order valence-electron chi connectivity index (χ1n) is 9.88. The third-order valence-corrected chi connectivity index (χ3v) is 4.63. The van der Waals surface area contributed by atoms with Gasteiger partial charge in [0.25, 0.3) is 5.91 Å². The maximum absolute atomic E-state index is 12.6. The Kier molecular flexibility index (Phi) is 8.08. The molecule has 3 N–H and O–H groups in total. The summed E-state index contributed by atoms with van der Waals surface area (Å²) in [5.41, 5.74) is 3.04. The molecule has 2 amide bonds. The minimum Gasteiger partial charge on any atom is -0.352 e. The van der Waals surface area contributed by atoms with Crippen LogP contribution in [0, 0.1) is 0 Å². The van der Waals surface area contributed by atoms with Gasteiger partial charge >= 0.3 is 0 Å². The predicted octanol–water partition coefficient (Wildman–Crippen LogP) is 4.19. The summed E-state index contributed by atoms with van der Waals surface area (Å²) in [7, 11) is 0. The van der Waals surface area contributed by atoms with Crippen molar-refractivity contribution in [1.82, 2.24) is 10.6 Å². The van der Waals surface area contributed by atoms with Crippen molar-refractivity contribution in [1.29, 1.82) is 0 Å². The van der Waals surface area contributed by atoms with Crippen molar-refractivity contribution >= 4 is 40.9 Å². The number of hydrogen-bond acceptors (Lipinski definition) is 3. The smallest absolute Gasteiger partial charge is 0.253 e. The molecule has 156 valence electrons. The van der Waals surface area contributed by atoms with Crippen molar-refractivity contribution < 1.29 is 9.59 Å². The van der Waals surface area contributed by atoms with E-state index in [0.29, 0.717) is 17.8 Å². The maximum atomic E-state index is 12.6. The van der Waals surface area contributed by atoms with Gasteiger partial charge in [-0.25, -0.2) is 0 Å². The summed E-state index contributed by atoms with van der Waals surface area (Å²) < 4.78 is 0. The second-order valence-corrected chi connectivity index (χ2v) is 7.13. The lowest BCUT2D eigenvalue weighted by Crippen LogP contribution is -2.34. The first-order valence-corrected chi connectivity index (χ1v) is 10.3. The van der Waals surface area contributed by atoms with E-state index in [9.17, 15) is 9.59 Å². The van der Waals surface area contributed by atoms with Crippen LogP contribution in [0.1, 0.15) is 21.5 Å². The first kappa shape index (κ1) is 21.9. The summed E-state index contributed by atoms with van der Waals surface area (Å²) in [6.07, 6.45) is 3.85. The molecule has 3 aromatic carbocycles. The Morgan fingerprint density at radius 2 is 1.48 bits per heavy atom.